The maximum Gasteiger partial charge on any atom is 0.227 e. The van der Waals surface area contributed by atoms with Gasteiger partial charge in [0.15, 0.2) is 0 Å². The lowest BCUT2D eigenvalue weighted by Gasteiger charge is -2.34. The van der Waals surface area contributed by atoms with Crippen LogP contribution in [0.5, 0.6) is 0 Å². The number of hydrogen-bond donors (Lipinski definition) is 1. The second-order valence-electron chi connectivity index (χ2n) is 7.29. The quantitative estimate of drug-likeness (QED) is 0.824. The third-order valence-corrected chi connectivity index (χ3v) is 6.54. The summed E-state index contributed by atoms with van der Waals surface area (Å²) in [6, 6.07) is 4.53. The van der Waals surface area contributed by atoms with Gasteiger partial charge in [-0.15, -0.1) is 11.3 Å². The van der Waals surface area contributed by atoms with E-state index in [2.05, 4.69) is 34.4 Å². The lowest BCUT2D eigenvalue weighted by atomic mass is 9.98. The van der Waals surface area contributed by atoms with Crippen LogP contribution in [0.2, 0.25) is 0 Å². The molecular weight excluding hydrogens is 360 g/mol. The number of ether oxygens (including phenoxy) is 1. The topological polar surface area (TPSA) is 59.4 Å². The Hall–Kier alpha value is -1.70. The average Bonchev–Trinajstić information content (AvgIpc) is 3.18. The Morgan fingerprint density at radius 3 is 2.56 bits per heavy atom. The summed E-state index contributed by atoms with van der Waals surface area (Å²) in [6.45, 7) is 12.0. The van der Waals surface area contributed by atoms with E-state index < -0.39 is 0 Å². The SMILES string of the molecule is Cc1ccc([C@@H](CNC(=O)[C@@H](C)c2c(C)nn(C)c2C)N2CCOCC2)s1. The maximum atomic E-state index is 12.9. The molecule has 1 aliphatic heterocycles. The summed E-state index contributed by atoms with van der Waals surface area (Å²) in [5.41, 5.74) is 3.01. The molecule has 6 nitrogen and oxygen atoms in total. The number of thiophene rings is 1. The average molecular weight is 391 g/mol. The van der Waals surface area contributed by atoms with Crippen LogP contribution in [0, 0.1) is 20.8 Å². The highest BCUT2D eigenvalue weighted by atomic mass is 32.1. The number of nitrogens with zero attached hydrogens (tertiary/aromatic N) is 3. The molecule has 2 aromatic rings. The second-order valence-corrected chi connectivity index (χ2v) is 8.61. The van der Waals surface area contributed by atoms with Gasteiger partial charge in [0.05, 0.1) is 30.9 Å². The molecule has 1 saturated heterocycles. The van der Waals surface area contributed by atoms with Crippen molar-refractivity contribution in [1.82, 2.24) is 20.0 Å². The van der Waals surface area contributed by atoms with Gasteiger partial charge in [-0.25, -0.2) is 0 Å². The molecule has 2 atom stereocenters. The number of hydrogen-bond acceptors (Lipinski definition) is 5. The highest BCUT2D eigenvalue weighted by Crippen LogP contribution is 2.28. The van der Waals surface area contributed by atoms with E-state index in [-0.39, 0.29) is 17.9 Å². The highest BCUT2D eigenvalue weighted by molar-refractivity contribution is 7.12. The molecule has 0 spiro atoms. The van der Waals surface area contributed by atoms with E-state index in [9.17, 15) is 4.79 Å². The predicted molar refractivity (Wildman–Crippen MR) is 108 cm³/mol. The monoisotopic (exact) mass is 390 g/mol. The summed E-state index contributed by atoms with van der Waals surface area (Å²) >= 11 is 1.81. The smallest absolute Gasteiger partial charge is 0.227 e. The first-order chi connectivity index (χ1) is 12.9. The molecule has 148 valence electrons. The first-order valence-electron chi connectivity index (χ1n) is 9.54. The van der Waals surface area contributed by atoms with Gasteiger partial charge in [-0.3, -0.25) is 14.4 Å². The van der Waals surface area contributed by atoms with E-state index in [1.54, 1.807) is 0 Å². The largest absolute Gasteiger partial charge is 0.379 e. The number of carbonyl (C=O) groups is 1. The fraction of sp³-hybridized carbons (Fsp3) is 0.600. The number of rotatable bonds is 6. The van der Waals surface area contributed by atoms with Gasteiger partial charge >= 0.3 is 0 Å². The zero-order valence-corrected chi connectivity index (χ0v) is 17.7. The number of aromatic nitrogens is 2. The standard InChI is InChI=1S/C20H30N4O2S/c1-13-6-7-18(27-13)17(24-8-10-26-11-9-24)12-21-20(25)14(2)19-15(3)22-23(5)16(19)4/h6-7,14,17H,8-12H2,1-5H3,(H,21,25)/t14-,17+/m0/s1. The van der Waals surface area contributed by atoms with Gasteiger partial charge in [-0.2, -0.15) is 5.10 Å². The molecule has 1 fully saturated rings. The molecule has 1 N–H and O–H groups in total. The minimum atomic E-state index is -0.214. The van der Waals surface area contributed by atoms with Gasteiger partial charge in [-0.1, -0.05) is 0 Å². The van der Waals surface area contributed by atoms with E-state index in [0.717, 1.165) is 43.3 Å². The van der Waals surface area contributed by atoms with Gasteiger partial charge in [0.25, 0.3) is 0 Å². The summed E-state index contributed by atoms with van der Waals surface area (Å²) in [5, 5.41) is 7.65. The molecule has 1 amide bonds. The van der Waals surface area contributed by atoms with Crippen molar-refractivity contribution in [3.05, 3.63) is 38.8 Å². The van der Waals surface area contributed by atoms with E-state index in [4.69, 9.17) is 4.74 Å². The van der Waals surface area contributed by atoms with Crippen molar-refractivity contribution in [2.24, 2.45) is 7.05 Å². The fourth-order valence-corrected chi connectivity index (χ4v) is 4.84. The normalized spacial score (nSPS) is 17.7. The van der Waals surface area contributed by atoms with Gasteiger partial charge in [0.1, 0.15) is 0 Å². The summed E-state index contributed by atoms with van der Waals surface area (Å²) in [6.07, 6.45) is 0. The van der Waals surface area contributed by atoms with Crippen molar-refractivity contribution < 1.29 is 9.53 Å². The molecule has 3 rings (SSSR count). The molecular formula is C20H30N4O2S. The van der Waals surface area contributed by atoms with Crippen LogP contribution in [0.15, 0.2) is 12.1 Å². The predicted octanol–water partition coefficient (Wildman–Crippen LogP) is 2.70. The van der Waals surface area contributed by atoms with Gasteiger partial charge in [0, 0.05) is 47.7 Å². The van der Waals surface area contributed by atoms with Crippen molar-refractivity contribution in [3.8, 4) is 0 Å². The summed E-state index contributed by atoms with van der Waals surface area (Å²) in [4.78, 5) is 17.9. The first-order valence-corrected chi connectivity index (χ1v) is 10.4. The third kappa shape index (κ3) is 4.42. The highest BCUT2D eigenvalue weighted by Gasteiger charge is 2.27. The minimum absolute atomic E-state index is 0.0562. The molecule has 2 aromatic heterocycles. The Morgan fingerprint density at radius 2 is 2.00 bits per heavy atom. The summed E-state index contributed by atoms with van der Waals surface area (Å²) < 4.78 is 7.35. The Bertz CT molecular complexity index is 792. The summed E-state index contributed by atoms with van der Waals surface area (Å²) in [5.74, 6) is -0.158. The van der Waals surface area contributed by atoms with Gasteiger partial charge < -0.3 is 10.1 Å². The molecule has 7 heteroatoms. The van der Waals surface area contributed by atoms with Crippen molar-refractivity contribution >= 4 is 17.2 Å². The van der Waals surface area contributed by atoms with Crippen molar-refractivity contribution in [2.75, 3.05) is 32.8 Å². The Labute approximate surface area is 165 Å². The molecule has 0 radical (unpaired) electrons. The molecule has 0 unspecified atom stereocenters. The zero-order valence-electron chi connectivity index (χ0n) is 16.9. The van der Waals surface area contributed by atoms with Crippen LogP contribution in [-0.4, -0.2) is 53.4 Å². The van der Waals surface area contributed by atoms with Crippen molar-refractivity contribution in [3.63, 3.8) is 0 Å². The molecule has 1 aliphatic rings. The van der Waals surface area contributed by atoms with Crippen LogP contribution in [-0.2, 0) is 16.6 Å². The Kier molecular flexibility index (Phi) is 6.34. The molecule has 0 saturated carbocycles. The fourth-order valence-electron chi connectivity index (χ4n) is 3.83. The molecule has 0 aromatic carbocycles. The van der Waals surface area contributed by atoms with Gasteiger partial charge in [-0.05, 0) is 39.8 Å². The van der Waals surface area contributed by atoms with Crippen LogP contribution >= 0.6 is 11.3 Å². The first kappa shape index (κ1) is 20.0. The molecule has 27 heavy (non-hydrogen) atoms. The van der Waals surface area contributed by atoms with E-state index in [1.165, 1.54) is 9.75 Å². The van der Waals surface area contributed by atoms with Crippen molar-refractivity contribution in [2.45, 2.75) is 39.7 Å². The molecule has 0 bridgehead atoms. The van der Waals surface area contributed by atoms with Crippen molar-refractivity contribution in [1.29, 1.82) is 0 Å². The number of morpholine rings is 1. The van der Waals surface area contributed by atoms with Crippen LogP contribution in [0.25, 0.3) is 0 Å². The lowest BCUT2D eigenvalue weighted by molar-refractivity contribution is -0.122. The van der Waals surface area contributed by atoms with Crippen LogP contribution < -0.4 is 5.32 Å². The van der Waals surface area contributed by atoms with Crippen LogP contribution in [0.3, 0.4) is 0 Å². The molecule has 3 heterocycles. The zero-order chi connectivity index (χ0) is 19.6. The van der Waals surface area contributed by atoms with E-state index in [0.29, 0.717) is 6.54 Å². The van der Waals surface area contributed by atoms with E-state index >= 15 is 0 Å². The number of nitrogens with one attached hydrogen (secondary N) is 1. The number of carbonyl (C=O) groups excluding carboxylic acids is 1. The lowest BCUT2D eigenvalue weighted by Crippen LogP contribution is -2.44. The minimum Gasteiger partial charge on any atom is -0.379 e. The summed E-state index contributed by atoms with van der Waals surface area (Å²) in [7, 11) is 1.92. The number of amides is 1. The Balaban J connectivity index is 1.71. The number of aryl methyl sites for hydroxylation is 3. The second kappa shape index (κ2) is 8.54. The van der Waals surface area contributed by atoms with Gasteiger partial charge in [0.2, 0.25) is 5.91 Å². The third-order valence-electron chi connectivity index (χ3n) is 5.44. The Morgan fingerprint density at radius 1 is 1.30 bits per heavy atom. The molecule has 0 aliphatic carbocycles. The van der Waals surface area contributed by atoms with E-state index in [1.807, 2.05) is 43.8 Å². The maximum absolute atomic E-state index is 12.9. The van der Waals surface area contributed by atoms with Crippen LogP contribution in [0.4, 0.5) is 0 Å². The van der Waals surface area contributed by atoms with Crippen LogP contribution in [0.1, 0.15) is 45.6 Å².